The fourth-order valence-electron chi connectivity index (χ4n) is 1.84. The van der Waals surface area contributed by atoms with Gasteiger partial charge in [0.1, 0.15) is 0 Å². The van der Waals surface area contributed by atoms with E-state index in [2.05, 4.69) is 5.32 Å². The summed E-state index contributed by atoms with van der Waals surface area (Å²) in [5.74, 6) is -0.864. The maximum atomic E-state index is 11.7. The summed E-state index contributed by atoms with van der Waals surface area (Å²) in [6.45, 7) is 1.35. The van der Waals surface area contributed by atoms with Gasteiger partial charge in [0.25, 0.3) is 0 Å². The number of hydrogen-bond acceptors (Lipinski definition) is 4. The molecule has 0 aromatic rings. The maximum absolute atomic E-state index is 11.7. The number of nitrogens with zero attached hydrogens (tertiary/aromatic N) is 1. The number of aliphatic hydroxyl groups is 1. The molecule has 104 valence electrons. The fourth-order valence-corrected chi connectivity index (χ4v) is 1.84. The van der Waals surface area contributed by atoms with Crippen LogP contribution in [-0.4, -0.2) is 66.6 Å². The van der Waals surface area contributed by atoms with Gasteiger partial charge in [-0.3, -0.25) is 0 Å². The van der Waals surface area contributed by atoms with Crippen LogP contribution in [0.2, 0.25) is 0 Å². The molecular formula is C11H20N2O5. The Morgan fingerprint density at radius 1 is 1.44 bits per heavy atom. The molecule has 0 aromatic heterocycles. The maximum Gasteiger partial charge on any atom is 0.328 e. The van der Waals surface area contributed by atoms with Crippen molar-refractivity contribution in [2.45, 2.75) is 18.9 Å². The Morgan fingerprint density at radius 3 is 2.56 bits per heavy atom. The Kier molecular flexibility index (Phi) is 5.87. The normalized spacial score (nSPS) is 18.1. The predicted octanol–water partition coefficient (Wildman–Crippen LogP) is -0.500. The number of carbonyl (C=O) groups is 2. The van der Waals surface area contributed by atoms with Crippen molar-refractivity contribution in [1.29, 1.82) is 0 Å². The summed E-state index contributed by atoms with van der Waals surface area (Å²) in [7, 11) is 1.61. The van der Waals surface area contributed by atoms with Crippen LogP contribution in [0.4, 0.5) is 4.79 Å². The van der Waals surface area contributed by atoms with E-state index in [0.717, 1.165) is 12.8 Å². The summed E-state index contributed by atoms with van der Waals surface area (Å²) in [6, 6.07) is -1.74. The second kappa shape index (κ2) is 7.17. The minimum absolute atomic E-state index is 0.381. The molecule has 0 saturated carbocycles. The van der Waals surface area contributed by atoms with Crippen LogP contribution in [0.3, 0.4) is 0 Å². The van der Waals surface area contributed by atoms with Crippen LogP contribution in [0.5, 0.6) is 0 Å². The van der Waals surface area contributed by atoms with Crippen molar-refractivity contribution < 1.29 is 24.5 Å². The molecule has 0 aromatic carbocycles. The average molecular weight is 260 g/mol. The zero-order valence-corrected chi connectivity index (χ0v) is 10.5. The Morgan fingerprint density at radius 2 is 2.06 bits per heavy atom. The molecule has 1 aliphatic rings. The van der Waals surface area contributed by atoms with E-state index < -0.39 is 24.6 Å². The van der Waals surface area contributed by atoms with Crippen LogP contribution >= 0.6 is 0 Å². The third-order valence-electron chi connectivity index (χ3n) is 3.00. The predicted molar refractivity (Wildman–Crippen MR) is 63.2 cm³/mol. The molecule has 0 bridgehead atoms. The van der Waals surface area contributed by atoms with Gasteiger partial charge in [0, 0.05) is 26.8 Å². The Labute approximate surface area is 106 Å². The van der Waals surface area contributed by atoms with Gasteiger partial charge in [-0.2, -0.15) is 0 Å². The number of hydrogen-bond donors (Lipinski definition) is 3. The van der Waals surface area contributed by atoms with Crippen molar-refractivity contribution in [3.8, 4) is 0 Å². The molecule has 2 amide bonds. The molecule has 1 atom stereocenters. The summed E-state index contributed by atoms with van der Waals surface area (Å²) in [5, 5.41) is 19.8. The highest BCUT2D eigenvalue weighted by molar-refractivity contribution is 5.82. The van der Waals surface area contributed by atoms with Crippen LogP contribution in [0.25, 0.3) is 0 Å². The van der Waals surface area contributed by atoms with E-state index in [-0.39, 0.29) is 0 Å². The van der Waals surface area contributed by atoms with Crippen LogP contribution in [0, 0.1) is 5.92 Å². The van der Waals surface area contributed by atoms with Gasteiger partial charge < -0.3 is 25.2 Å². The molecule has 1 unspecified atom stereocenters. The minimum atomic E-state index is -1.25. The molecule has 1 saturated heterocycles. The van der Waals surface area contributed by atoms with Crippen LogP contribution in [0.1, 0.15) is 12.8 Å². The second-order valence-electron chi connectivity index (χ2n) is 4.46. The second-order valence-corrected chi connectivity index (χ2v) is 4.46. The zero-order valence-electron chi connectivity index (χ0n) is 10.5. The van der Waals surface area contributed by atoms with E-state index in [1.807, 2.05) is 0 Å². The van der Waals surface area contributed by atoms with E-state index in [9.17, 15) is 9.59 Å². The monoisotopic (exact) mass is 260 g/mol. The molecule has 1 aliphatic heterocycles. The van der Waals surface area contributed by atoms with Crippen molar-refractivity contribution in [2.75, 3.05) is 33.4 Å². The van der Waals surface area contributed by atoms with Gasteiger partial charge in [-0.25, -0.2) is 9.59 Å². The fraction of sp³-hybridized carbons (Fsp3) is 0.818. The number of ether oxygens (including phenoxy) is 1. The van der Waals surface area contributed by atoms with Crippen molar-refractivity contribution >= 4 is 12.0 Å². The molecule has 18 heavy (non-hydrogen) atoms. The summed E-state index contributed by atoms with van der Waals surface area (Å²) in [5.41, 5.74) is 0. The number of aliphatic hydroxyl groups excluding tert-OH is 1. The minimum Gasteiger partial charge on any atom is -0.480 e. The number of rotatable bonds is 5. The zero-order chi connectivity index (χ0) is 13.5. The highest BCUT2D eigenvalue weighted by Crippen LogP contribution is 2.15. The Hall–Kier alpha value is -1.34. The number of nitrogens with one attached hydrogen (secondary N) is 1. The largest absolute Gasteiger partial charge is 0.480 e. The summed E-state index contributed by atoms with van der Waals surface area (Å²) >= 11 is 0. The van der Waals surface area contributed by atoms with E-state index in [1.54, 1.807) is 7.05 Å². The lowest BCUT2D eigenvalue weighted by Gasteiger charge is -2.27. The van der Waals surface area contributed by atoms with Gasteiger partial charge >= 0.3 is 12.0 Å². The standard InChI is InChI=1S/C11H20N2O5/c1-13(6-8-2-4-18-5-3-8)11(17)12-9(7-14)10(15)16/h8-9,14H,2-7H2,1H3,(H,12,17)(H,15,16). The van der Waals surface area contributed by atoms with Gasteiger partial charge in [0.15, 0.2) is 6.04 Å². The summed E-state index contributed by atoms with van der Waals surface area (Å²) < 4.78 is 5.23. The molecule has 7 heteroatoms. The smallest absolute Gasteiger partial charge is 0.328 e. The molecule has 0 radical (unpaired) electrons. The Balaban J connectivity index is 2.37. The lowest BCUT2D eigenvalue weighted by molar-refractivity contribution is -0.140. The molecule has 3 N–H and O–H groups in total. The molecule has 1 rings (SSSR count). The molecule has 1 fully saturated rings. The number of carboxylic acids is 1. The van der Waals surface area contributed by atoms with Gasteiger partial charge in [-0.1, -0.05) is 0 Å². The van der Waals surface area contributed by atoms with Gasteiger partial charge in [0.05, 0.1) is 6.61 Å². The van der Waals surface area contributed by atoms with E-state index in [1.165, 1.54) is 4.90 Å². The number of aliphatic carboxylic acids is 1. The topological polar surface area (TPSA) is 99.1 Å². The third-order valence-corrected chi connectivity index (χ3v) is 3.00. The summed E-state index contributed by atoms with van der Waals surface area (Å²) in [6.07, 6.45) is 1.81. The molecule has 0 spiro atoms. The van der Waals surface area contributed by atoms with Gasteiger partial charge in [-0.05, 0) is 18.8 Å². The number of urea groups is 1. The van der Waals surface area contributed by atoms with Gasteiger partial charge in [0.2, 0.25) is 0 Å². The summed E-state index contributed by atoms with van der Waals surface area (Å²) in [4.78, 5) is 23.8. The molecular weight excluding hydrogens is 240 g/mol. The van der Waals surface area contributed by atoms with Crippen molar-refractivity contribution in [3.05, 3.63) is 0 Å². The first-order valence-electron chi connectivity index (χ1n) is 5.97. The Bertz CT molecular complexity index is 291. The first kappa shape index (κ1) is 14.7. The van der Waals surface area contributed by atoms with Crippen molar-refractivity contribution in [1.82, 2.24) is 10.2 Å². The molecule has 0 aliphatic carbocycles. The third kappa shape index (κ3) is 4.50. The molecule has 7 nitrogen and oxygen atoms in total. The number of carboxylic acid groups (broad SMARTS) is 1. The van der Waals surface area contributed by atoms with Crippen molar-refractivity contribution in [3.63, 3.8) is 0 Å². The number of amides is 2. The highest BCUT2D eigenvalue weighted by Gasteiger charge is 2.23. The lowest BCUT2D eigenvalue weighted by atomic mass is 10.00. The first-order valence-corrected chi connectivity index (χ1v) is 5.97. The van der Waals surface area contributed by atoms with Crippen LogP contribution < -0.4 is 5.32 Å². The quantitative estimate of drug-likeness (QED) is 0.619. The van der Waals surface area contributed by atoms with E-state index >= 15 is 0 Å². The highest BCUT2D eigenvalue weighted by atomic mass is 16.5. The SMILES string of the molecule is CN(CC1CCOCC1)C(=O)NC(CO)C(=O)O. The first-order chi connectivity index (χ1) is 8.54. The van der Waals surface area contributed by atoms with Gasteiger partial charge in [-0.15, -0.1) is 0 Å². The lowest BCUT2D eigenvalue weighted by Crippen LogP contribution is -2.49. The molecule has 1 heterocycles. The average Bonchev–Trinajstić information content (AvgIpc) is 2.36. The van der Waals surface area contributed by atoms with Crippen LogP contribution in [-0.2, 0) is 9.53 Å². The van der Waals surface area contributed by atoms with E-state index in [4.69, 9.17) is 14.9 Å². The van der Waals surface area contributed by atoms with Crippen molar-refractivity contribution in [2.24, 2.45) is 5.92 Å². The van der Waals surface area contributed by atoms with E-state index in [0.29, 0.717) is 25.7 Å². The van der Waals surface area contributed by atoms with Crippen LogP contribution in [0.15, 0.2) is 0 Å². The number of carbonyl (C=O) groups excluding carboxylic acids is 1.